The molecule has 1 aromatic heterocycles. The molecule has 0 saturated carbocycles. The van der Waals surface area contributed by atoms with Crippen molar-refractivity contribution in [3.05, 3.63) is 11.3 Å². The standard InChI is InChI=1S/C13H22N4OS/c1-9-11(12(14)19)13(17(3)15-9)16(2)8-10-4-6-18-7-5-10/h10H,4-8H2,1-3H3,(H2,14,19). The van der Waals surface area contributed by atoms with E-state index in [2.05, 4.69) is 17.0 Å². The Kier molecular flexibility index (Phi) is 4.42. The molecule has 0 bridgehead atoms. The molecule has 0 spiro atoms. The molecule has 2 heterocycles. The molecule has 1 saturated heterocycles. The third kappa shape index (κ3) is 3.06. The summed E-state index contributed by atoms with van der Waals surface area (Å²) in [5.74, 6) is 1.67. The van der Waals surface area contributed by atoms with Crippen LogP contribution in [0.2, 0.25) is 0 Å². The molecule has 0 aliphatic carbocycles. The maximum absolute atomic E-state index is 5.83. The first-order chi connectivity index (χ1) is 9.00. The van der Waals surface area contributed by atoms with E-state index in [0.29, 0.717) is 10.9 Å². The first-order valence-corrected chi connectivity index (χ1v) is 7.03. The van der Waals surface area contributed by atoms with Gasteiger partial charge >= 0.3 is 0 Å². The topological polar surface area (TPSA) is 56.3 Å². The van der Waals surface area contributed by atoms with Crippen LogP contribution in [0.15, 0.2) is 0 Å². The van der Waals surface area contributed by atoms with Gasteiger partial charge in [-0.05, 0) is 25.7 Å². The van der Waals surface area contributed by atoms with Crippen molar-refractivity contribution in [2.45, 2.75) is 19.8 Å². The lowest BCUT2D eigenvalue weighted by molar-refractivity contribution is 0.0684. The normalized spacial score (nSPS) is 16.6. The predicted octanol–water partition coefficient (Wildman–Crippen LogP) is 1.23. The highest BCUT2D eigenvalue weighted by atomic mass is 32.1. The number of aryl methyl sites for hydroxylation is 2. The number of nitrogens with two attached hydrogens (primary N) is 1. The van der Waals surface area contributed by atoms with E-state index in [1.807, 2.05) is 18.7 Å². The van der Waals surface area contributed by atoms with Gasteiger partial charge < -0.3 is 15.4 Å². The van der Waals surface area contributed by atoms with Crippen molar-refractivity contribution < 1.29 is 4.74 Å². The van der Waals surface area contributed by atoms with Crippen molar-refractivity contribution in [3.8, 4) is 0 Å². The summed E-state index contributed by atoms with van der Waals surface area (Å²) < 4.78 is 7.26. The molecule has 1 aliphatic rings. The van der Waals surface area contributed by atoms with Crippen LogP contribution in [0, 0.1) is 12.8 Å². The number of rotatable bonds is 4. The van der Waals surface area contributed by atoms with Gasteiger partial charge in [-0.1, -0.05) is 12.2 Å². The van der Waals surface area contributed by atoms with Gasteiger partial charge in [0, 0.05) is 33.9 Å². The number of ether oxygens (including phenoxy) is 1. The molecule has 0 amide bonds. The van der Waals surface area contributed by atoms with Gasteiger partial charge in [-0.2, -0.15) is 5.10 Å². The van der Waals surface area contributed by atoms with Crippen molar-refractivity contribution in [1.82, 2.24) is 9.78 Å². The summed E-state index contributed by atoms with van der Waals surface area (Å²) in [6.07, 6.45) is 2.23. The minimum absolute atomic E-state index is 0.416. The Balaban J connectivity index is 2.18. The van der Waals surface area contributed by atoms with E-state index in [1.165, 1.54) is 0 Å². The zero-order chi connectivity index (χ0) is 14.0. The Morgan fingerprint density at radius 3 is 2.74 bits per heavy atom. The second-order valence-corrected chi connectivity index (χ2v) is 5.65. The molecule has 2 N–H and O–H groups in total. The van der Waals surface area contributed by atoms with Crippen LogP contribution in [0.5, 0.6) is 0 Å². The fourth-order valence-corrected chi connectivity index (χ4v) is 3.01. The lowest BCUT2D eigenvalue weighted by Crippen LogP contribution is -2.32. The molecule has 1 aromatic rings. The number of hydrogen-bond donors (Lipinski definition) is 1. The molecular weight excluding hydrogens is 260 g/mol. The van der Waals surface area contributed by atoms with Crippen LogP contribution < -0.4 is 10.6 Å². The Bertz CT molecular complexity index is 465. The van der Waals surface area contributed by atoms with Crippen molar-refractivity contribution in [2.24, 2.45) is 18.7 Å². The van der Waals surface area contributed by atoms with Crippen LogP contribution in [0.3, 0.4) is 0 Å². The minimum atomic E-state index is 0.416. The lowest BCUT2D eigenvalue weighted by atomic mass is 10.00. The average Bonchev–Trinajstić information content (AvgIpc) is 2.65. The van der Waals surface area contributed by atoms with Gasteiger partial charge in [0.2, 0.25) is 0 Å². The molecule has 0 radical (unpaired) electrons. The van der Waals surface area contributed by atoms with Gasteiger partial charge in [-0.25, -0.2) is 0 Å². The molecule has 0 unspecified atom stereocenters. The van der Waals surface area contributed by atoms with Crippen molar-refractivity contribution in [3.63, 3.8) is 0 Å². The number of hydrogen-bond acceptors (Lipinski definition) is 4. The number of thiocarbonyl (C=S) groups is 1. The molecule has 2 rings (SSSR count). The van der Waals surface area contributed by atoms with E-state index in [9.17, 15) is 0 Å². The zero-order valence-corrected chi connectivity index (χ0v) is 12.7. The summed E-state index contributed by atoms with van der Waals surface area (Å²) in [7, 11) is 4.01. The van der Waals surface area contributed by atoms with Gasteiger partial charge in [-0.15, -0.1) is 0 Å². The smallest absolute Gasteiger partial charge is 0.136 e. The molecule has 1 fully saturated rings. The number of aromatic nitrogens is 2. The van der Waals surface area contributed by atoms with E-state index < -0.39 is 0 Å². The first kappa shape index (κ1) is 14.3. The largest absolute Gasteiger partial charge is 0.389 e. The second kappa shape index (κ2) is 5.88. The summed E-state index contributed by atoms with van der Waals surface area (Å²) in [6, 6.07) is 0. The predicted molar refractivity (Wildman–Crippen MR) is 80.6 cm³/mol. The third-order valence-corrected chi connectivity index (χ3v) is 3.88. The van der Waals surface area contributed by atoms with Gasteiger partial charge in [0.15, 0.2) is 0 Å². The third-order valence-electron chi connectivity index (χ3n) is 3.67. The van der Waals surface area contributed by atoms with Gasteiger partial charge in [0.1, 0.15) is 10.8 Å². The van der Waals surface area contributed by atoms with Crippen LogP contribution >= 0.6 is 12.2 Å². The summed E-state index contributed by atoms with van der Waals surface area (Å²) in [4.78, 5) is 2.63. The van der Waals surface area contributed by atoms with Crippen molar-refractivity contribution >= 4 is 23.0 Å². The summed E-state index contributed by atoms with van der Waals surface area (Å²) >= 11 is 5.15. The maximum Gasteiger partial charge on any atom is 0.136 e. The fraction of sp³-hybridized carbons (Fsp3) is 0.692. The van der Waals surface area contributed by atoms with Crippen LogP contribution in [-0.4, -0.2) is 41.6 Å². The number of anilines is 1. The first-order valence-electron chi connectivity index (χ1n) is 6.63. The minimum Gasteiger partial charge on any atom is -0.389 e. The van der Waals surface area contributed by atoms with Crippen LogP contribution in [0.4, 0.5) is 5.82 Å². The highest BCUT2D eigenvalue weighted by Crippen LogP contribution is 2.25. The maximum atomic E-state index is 5.83. The quantitative estimate of drug-likeness (QED) is 0.842. The van der Waals surface area contributed by atoms with Crippen molar-refractivity contribution in [1.29, 1.82) is 0 Å². The molecule has 106 valence electrons. The van der Waals surface area contributed by atoms with Gasteiger partial charge in [0.25, 0.3) is 0 Å². The Labute approximate surface area is 119 Å². The van der Waals surface area contributed by atoms with Crippen LogP contribution in [0.25, 0.3) is 0 Å². The molecule has 5 nitrogen and oxygen atoms in total. The Morgan fingerprint density at radius 1 is 1.53 bits per heavy atom. The summed E-state index contributed by atoms with van der Waals surface area (Å²) in [5.41, 5.74) is 7.62. The van der Waals surface area contributed by atoms with E-state index >= 15 is 0 Å². The van der Waals surface area contributed by atoms with E-state index in [0.717, 1.165) is 49.7 Å². The number of nitrogens with zero attached hydrogens (tertiary/aromatic N) is 3. The molecule has 6 heteroatoms. The van der Waals surface area contributed by atoms with Crippen molar-refractivity contribution in [2.75, 3.05) is 31.7 Å². The highest BCUT2D eigenvalue weighted by Gasteiger charge is 2.22. The van der Waals surface area contributed by atoms with Crippen LogP contribution in [-0.2, 0) is 11.8 Å². The molecule has 1 aliphatic heterocycles. The Hall–Kier alpha value is -1.14. The fourth-order valence-electron chi connectivity index (χ4n) is 2.78. The summed E-state index contributed by atoms with van der Waals surface area (Å²) in [6.45, 7) is 4.66. The SMILES string of the molecule is Cc1nn(C)c(N(C)CC2CCOCC2)c1C(N)=S. The zero-order valence-electron chi connectivity index (χ0n) is 11.8. The molecule has 0 atom stereocenters. The monoisotopic (exact) mass is 282 g/mol. The lowest BCUT2D eigenvalue weighted by Gasteiger charge is -2.28. The average molecular weight is 282 g/mol. The summed E-state index contributed by atoms with van der Waals surface area (Å²) in [5, 5.41) is 4.43. The van der Waals surface area contributed by atoms with Crippen LogP contribution in [0.1, 0.15) is 24.1 Å². The highest BCUT2D eigenvalue weighted by molar-refractivity contribution is 7.80. The Morgan fingerprint density at radius 2 is 2.16 bits per heavy atom. The molecule has 0 aromatic carbocycles. The molecular formula is C13H22N4OS. The second-order valence-electron chi connectivity index (χ2n) is 5.21. The van der Waals surface area contributed by atoms with E-state index in [1.54, 1.807) is 0 Å². The molecule has 19 heavy (non-hydrogen) atoms. The van der Waals surface area contributed by atoms with E-state index in [4.69, 9.17) is 22.7 Å². The van der Waals surface area contributed by atoms with E-state index in [-0.39, 0.29) is 0 Å². The van der Waals surface area contributed by atoms with Gasteiger partial charge in [-0.3, -0.25) is 4.68 Å². The van der Waals surface area contributed by atoms with Gasteiger partial charge in [0.05, 0.1) is 11.3 Å².